The second kappa shape index (κ2) is 8.27. The molecule has 8 nitrogen and oxygen atoms in total. The highest BCUT2D eigenvalue weighted by Crippen LogP contribution is 2.35. The third kappa shape index (κ3) is 4.23. The number of hydrogen-bond acceptors (Lipinski definition) is 5. The molecule has 0 spiro atoms. The van der Waals surface area contributed by atoms with Crippen molar-refractivity contribution >= 4 is 28.9 Å². The molecular weight excluding hydrogens is 396 g/mol. The van der Waals surface area contributed by atoms with Gasteiger partial charge in [-0.05, 0) is 29.3 Å². The quantitative estimate of drug-likeness (QED) is 0.472. The summed E-state index contributed by atoms with van der Waals surface area (Å²) in [6, 6.07) is 20.4. The topological polar surface area (TPSA) is 119 Å². The molecule has 31 heavy (non-hydrogen) atoms. The van der Waals surface area contributed by atoms with Crippen molar-refractivity contribution in [1.29, 1.82) is 0 Å². The number of anilines is 2. The number of carbonyl (C=O) groups is 2. The summed E-state index contributed by atoms with van der Waals surface area (Å²) < 4.78 is 0. The van der Waals surface area contributed by atoms with E-state index in [9.17, 15) is 19.7 Å². The number of nitro groups is 1. The lowest BCUT2D eigenvalue weighted by molar-refractivity contribution is -0.384. The standard InChI is InChI=1S/C23H20N4O4/c24-22(28)17-8-11-20-19(13-17)25-23(29)21(12-15-4-2-1-3-5-15)26(20)14-16-6-9-18(10-7-16)27(30)31/h1-11,13,21H,12,14H2,(H2,24,28)(H,25,29). The number of rotatable bonds is 6. The number of hydrogen-bond donors (Lipinski definition) is 2. The van der Waals surface area contributed by atoms with E-state index in [-0.39, 0.29) is 11.6 Å². The van der Waals surface area contributed by atoms with Gasteiger partial charge in [-0.1, -0.05) is 42.5 Å². The van der Waals surface area contributed by atoms with Crippen LogP contribution in [0.4, 0.5) is 17.1 Å². The molecule has 0 radical (unpaired) electrons. The molecule has 1 aliphatic rings. The van der Waals surface area contributed by atoms with Crippen LogP contribution in [0.5, 0.6) is 0 Å². The molecule has 3 N–H and O–H groups in total. The Bertz CT molecular complexity index is 1150. The second-order valence-corrected chi connectivity index (χ2v) is 7.34. The van der Waals surface area contributed by atoms with Crippen LogP contribution in [-0.2, 0) is 17.8 Å². The lowest BCUT2D eigenvalue weighted by Gasteiger charge is -2.38. The molecule has 0 saturated heterocycles. The van der Waals surface area contributed by atoms with Crippen molar-refractivity contribution < 1.29 is 14.5 Å². The Morgan fingerprint density at radius 3 is 2.39 bits per heavy atom. The highest BCUT2D eigenvalue weighted by Gasteiger charge is 2.33. The molecule has 2 amide bonds. The zero-order valence-electron chi connectivity index (χ0n) is 16.5. The van der Waals surface area contributed by atoms with Gasteiger partial charge in [-0.3, -0.25) is 19.7 Å². The summed E-state index contributed by atoms with van der Waals surface area (Å²) in [5.41, 5.74) is 8.79. The first-order chi connectivity index (χ1) is 14.9. The lowest BCUT2D eigenvalue weighted by Crippen LogP contribution is -2.49. The molecule has 0 fully saturated rings. The molecular formula is C23H20N4O4. The summed E-state index contributed by atoms with van der Waals surface area (Å²) in [6.07, 6.45) is 0.483. The average Bonchev–Trinajstić information content (AvgIpc) is 2.76. The van der Waals surface area contributed by atoms with E-state index in [1.54, 1.807) is 30.3 Å². The summed E-state index contributed by atoms with van der Waals surface area (Å²) in [5.74, 6) is -0.773. The molecule has 1 unspecified atom stereocenters. The Hall–Kier alpha value is -4.20. The predicted octanol–water partition coefficient (Wildman–Crippen LogP) is 3.26. The van der Waals surface area contributed by atoms with Gasteiger partial charge in [-0.2, -0.15) is 0 Å². The molecule has 156 valence electrons. The van der Waals surface area contributed by atoms with Gasteiger partial charge in [0.05, 0.1) is 16.3 Å². The smallest absolute Gasteiger partial charge is 0.269 e. The van der Waals surface area contributed by atoms with E-state index in [0.717, 1.165) is 16.8 Å². The van der Waals surface area contributed by atoms with Crippen molar-refractivity contribution in [1.82, 2.24) is 0 Å². The fraction of sp³-hybridized carbons (Fsp3) is 0.130. The minimum Gasteiger partial charge on any atom is -0.366 e. The van der Waals surface area contributed by atoms with Gasteiger partial charge in [0.25, 0.3) is 5.69 Å². The number of nitrogens with two attached hydrogens (primary N) is 1. The van der Waals surface area contributed by atoms with E-state index in [2.05, 4.69) is 5.32 Å². The Balaban J connectivity index is 1.72. The van der Waals surface area contributed by atoms with Crippen molar-refractivity contribution in [2.75, 3.05) is 10.2 Å². The molecule has 1 atom stereocenters. The van der Waals surface area contributed by atoms with Gasteiger partial charge in [0.15, 0.2) is 0 Å². The number of carbonyl (C=O) groups excluding carboxylic acids is 2. The first-order valence-electron chi connectivity index (χ1n) is 9.71. The maximum Gasteiger partial charge on any atom is 0.269 e. The van der Waals surface area contributed by atoms with Crippen molar-refractivity contribution in [3.8, 4) is 0 Å². The molecule has 1 aliphatic heterocycles. The Morgan fingerprint density at radius 2 is 1.74 bits per heavy atom. The highest BCUT2D eigenvalue weighted by molar-refractivity contribution is 6.05. The second-order valence-electron chi connectivity index (χ2n) is 7.34. The number of non-ortho nitro benzene ring substituents is 1. The van der Waals surface area contributed by atoms with Crippen LogP contribution in [0.1, 0.15) is 21.5 Å². The summed E-state index contributed by atoms with van der Waals surface area (Å²) in [6.45, 7) is 0.367. The van der Waals surface area contributed by atoms with Crippen molar-refractivity contribution in [3.63, 3.8) is 0 Å². The number of nitro benzene ring substituents is 1. The highest BCUT2D eigenvalue weighted by atomic mass is 16.6. The minimum atomic E-state index is -0.578. The van der Waals surface area contributed by atoms with Crippen molar-refractivity contribution in [2.24, 2.45) is 5.73 Å². The number of amides is 2. The van der Waals surface area contributed by atoms with E-state index >= 15 is 0 Å². The van der Waals surface area contributed by atoms with E-state index in [0.29, 0.717) is 24.2 Å². The largest absolute Gasteiger partial charge is 0.366 e. The number of fused-ring (bicyclic) bond motifs is 1. The van der Waals surface area contributed by atoms with E-state index in [4.69, 9.17) is 5.73 Å². The maximum atomic E-state index is 13.0. The van der Waals surface area contributed by atoms with Gasteiger partial charge in [-0.15, -0.1) is 0 Å². The average molecular weight is 416 g/mol. The third-order valence-corrected chi connectivity index (χ3v) is 5.30. The molecule has 4 rings (SSSR count). The molecule has 8 heteroatoms. The molecule has 0 saturated carbocycles. The van der Waals surface area contributed by atoms with Gasteiger partial charge in [0.1, 0.15) is 6.04 Å². The van der Waals surface area contributed by atoms with Gasteiger partial charge < -0.3 is 16.0 Å². The van der Waals surface area contributed by atoms with Gasteiger partial charge in [0, 0.05) is 30.7 Å². The van der Waals surface area contributed by atoms with Crippen LogP contribution in [0.25, 0.3) is 0 Å². The molecule has 0 aliphatic carbocycles. The zero-order valence-corrected chi connectivity index (χ0v) is 16.5. The number of primary amides is 1. The summed E-state index contributed by atoms with van der Waals surface area (Å²) in [4.78, 5) is 37.1. The van der Waals surface area contributed by atoms with Gasteiger partial charge >= 0.3 is 0 Å². The van der Waals surface area contributed by atoms with Crippen LogP contribution in [0, 0.1) is 10.1 Å². The first kappa shape index (κ1) is 20.1. The SMILES string of the molecule is NC(=O)c1ccc2c(c1)NC(=O)C(Cc1ccccc1)N2Cc1ccc([N+](=O)[O-])cc1. The minimum absolute atomic E-state index is 0.00692. The predicted molar refractivity (Wildman–Crippen MR) is 117 cm³/mol. The monoisotopic (exact) mass is 416 g/mol. The van der Waals surface area contributed by atoms with Crippen molar-refractivity contribution in [3.05, 3.63) is 99.6 Å². The van der Waals surface area contributed by atoms with Gasteiger partial charge in [-0.25, -0.2) is 0 Å². The molecule has 3 aromatic carbocycles. The molecule has 3 aromatic rings. The van der Waals surface area contributed by atoms with E-state index in [1.165, 1.54) is 12.1 Å². The first-order valence-corrected chi connectivity index (χ1v) is 9.71. The Kier molecular flexibility index (Phi) is 5.36. The van der Waals surface area contributed by atoms with Crippen LogP contribution in [-0.4, -0.2) is 22.8 Å². The Labute approximate surface area is 178 Å². The summed E-state index contributed by atoms with van der Waals surface area (Å²) in [7, 11) is 0. The van der Waals surface area contributed by atoms with Gasteiger partial charge in [0.2, 0.25) is 11.8 Å². The van der Waals surface area contributed by atoms with Crippen molar-refractivity contribution in [2.45, 2.75) is 19.0 Å². The number of nitrogens with zero attached hydrogens (tertiary/aromatic N) is 2. The van der Waals surface area contributed by atoms with E-state index < -0.39 is 16.9 Å². The van der Waals surface area contributed by atoms with Crippen LogP contribution in [0.15, 0.2) is 72.8 Å². The fourth-order valence-electron chi connectivity index (χ4n) is 3.72. The zero-order chi connectivity index (χ0) is 22.0. The van der Waals surface area contributed by atoms with Crippen LogP contribution >= 0.6 is 0 Å². The molecule has 0 bridgehead atoms. The van der Waals surface area contributed by atoms with Crippen LogP contribution < -0.4 is 16.0 Å². The normalized spacial score (nSPS) is 15.2. The van der Waals surface area contributed by atoms with Crippen LogP contribution in [0.2, 0.25) is 0 Å². The molecule has 0 aromatic heterocycles. The van der Waals surface area contributed by atoms with E-state index in [1.807, 2.05) is 35.2 Å². The number of benzene rings is 3. The maximum absolute atomic E-state index is 13.0. The third-order valence-electron chi connectivity index (χ3n) is 5.30. The fourth-order valence-corrected chi connectivity index (χ4v) is 3.72. The Morgan fingerprint density at radius 1 is 1.03 bits per heavy atom. The molecule has 1 heterocycles. The summed E-state index contributed by atoms with van der Waals surface area (Å²) >= 11 is 0. The summed E-state index contributed by atoms with van der Waals surface area (Å²) in [5, 5.41) is 13.8. The van der Waals surface area contributed by atoms with Crippen LogP contribution in [0.3, 0.4) is 0 Å². The number of nitrogens with one attached hydrogen (secondary N) is 1. The lowest BCUT2D eigenvalue weighted by atomic mass is 9.98.